The lowest BCUT2D eigenvalue weighted by Gasteiger charge is -2.33. The van der Waals surface area contributed by atoms with E-state index in [-0.39, 0.29) is 30.0 Å². The summed E-state index contributed by atoms with van der Waals surface area (Å²) in [6.45, 7) is 0.362. The highest BCUT2D eigenvalue weighted by atomic mass is 32.2. The molecular formula is C27H25N3O4S. The van der Waals surface area contributed by atoms with Gasteiger partial charge in [-0.1, -0.05) is 48.5 Å². The zero-order valence-corrected chi connectivity index (χ0v) is 20.1. The number of nitrogens with zero attached hydrogens (tertiary/aromatic N) is 2. The van der Waals surface area contributed by atoms with Gasteiger partial charge in [-0.05, 0) is 42.3 Å². The van der Waals surface area contributed by atoms with E-state index < -0.39 is 4.87 Å². The van der Waals surface area contributed by atoms with Gasteiger partial charge in [-0.15, -0.1) is 11.8 Å². The summed E-state index contributed by atoms with van der Waals surface area (Å²) in [6, 6.07) is 24.4. The number of ether oxygens (including phenoxy) is 1. The minimum absolute atomic E-state index is 0.114. The van der Waals surface area contributed by atoms with Crippen LogP contribution in [-0.4, -0.2) is 43.7 Å². The van der Waals surface area contributed by atoms with E-state index in [1.165, 1.54) is 16.7 Å². The van der Waals surface area contributed by atoms with Gasteiger partial charge in [-0.25, -0.2) is 0 Å². The van der Waals surface area contributed by atoms with Gasteiger partial charge in [0.05, 0.1) is 18.6 Å². The highest BCUT2D eigenvalue weighted by Gasteiger charge is 2.61. The van der Waals surface area contributed by atoms with E-state index in [0.717, 1.165) is 5.56 Å². The van der Waals surface area contributed by atoms with Crippen LogP contribution in [0.4, 0.5) is 11.4 Å². The van der Waals surface area contributed by atoms with E-state index in [1.807, 2.05) is 54.6 Å². The van der Waals surface area contributed by atoms with E-state index >= 15 is 0 Å². The summed E-state index contributed by atoms with van der Waals surface area (Å²) >= 11 is 1.29. The van der Waals surface area contributed by atoms with Crippen molar-refractivity contribution in [3.05, 3.63) is 90.0 Å². The normalized spacial score (nSPS) is 18.8. The number of para-hydroxylation sites is 1. The van der Waals surface area contributed by atoms with Crippen LogP contribution in [0.2, 0.25) is 0 Å². The van der Waals surface area contributed by atoms with Crippen molar-refractivity contribution in [1.82, 2.24) is 5.32 Å². The minimum atomic E-state index is -1.24. The van der Waals surface area contributed by atoms with Crippen molar-refractivity contribution in [2.24, 2.45) is 0 Å². The lowest BCUT2D eigenvalue weighted by Crippen LogP contribution is -2.51. The molecule has 178 valence electrons. The Kier molecular flexibility index (Phi) is 6.21. The third-order valence-corrected chi connectivity index (χ3v) is 7.66. The molecule has 8 heteroatoms. The number of benzene rings is 3. The summed E-state index contributed by atoms with van der Waals surface area (Å²) in [6.07, 6.45) is 0.705. The molecule has 2 heterocycles. The van der Waals surface area contributed by atoms with Crippen LogP contribution in [0.1, 0.15) is 11.1 Å². The fraction of sp³-hybridized carbons (Fsp3) is 0.222. The number of carbonyl (C=O) groups excluding carboxylic acids is 3. The fourth-order valence-corrected chi connectivity index (χ4v) is 5.99. The number of hydrogen-bond donors (Lipinski definition) is 1. The second kappa shape index (κ2) is 9.46. The van der Waals surface area contributed by atoms with Crippen LogP contribution < -0.4 is 19.9 Å². The average Bonchev–Trinajstić information content (AvgIpc) is 3.35. The Morgan fingerprint density at radius 1 is 1.00 bits per heavy atom. The molecule has 3 aromatic rings. The number of hydrogen-bond acceptors (Lipinski definition) is 5. The van der Waals surface area contributed by atoms with Crippen LogP contribution in [0.5, 0.6) is 5.75 Å². The van der Waals surface area contributed by atoms with Gasteiger partial charge in [-0.3, -0.25) is 24.2 Å². The summed E-state index contributed by atoms with van der Waals surface area (Å²) < 4.78 is 5.25. The maximum absolute atomic E-state index is 14.0. The van der Waals surface area contributed by atoms with Crippen molar-refractivity contribution in [2.45, 2.75) is 11.3 Å². The molecule has 1 spiro atoms. The number of anilines is 2. The predicted octanol–water partition coefficient (Wildman–Crippen LogP) is 3.33. The largest absolute Gasteiger partial charge is 0.497 e. The number of amides is 3. The highest BCUT2D eigenvalue weighted by Crippen LogP contribution is 2.55. The van der Waals surface area contributed by atoms with Gasteiger partial charge in [0.2, 0.25) is 16.7 Å². The van der Waals surface area contributed by atoms with Gasteiger partial charge in [-0.2, -0.15) is 0 Å². The second-order valence-corrected chi connectivity index (χ2v) is 9.52. The molecule has 0 saturated carbocycles. The highest BCUT2D eigenvalue weighted by molar-refractivity contribution is 8.02. The molecule has 7 nitrogen and oxygen atoms in total. The molecule has 0 unspecified atom stereocenters. The van der Waals surface area contributed by atoms with E-state index in [4.69, 9.17) is 4.74 Å². The molecule has 0 aliphatic carbocycles. The molecule has 35 heavy (non-hydrogen) atoms. The topological polar surface area (TPSA) is 79.0 Å². The standard InChI is InChI=1S/C27H25N3O4S/c1-34-21-13-11-20(12-14-21)30-25(32)18-35-27(30)22-9-5-6-10-23(22)29(26(27)33)17-24(31)28-16-15-19-7-3-2-4-8-19/h2-14H,15-18H2,1H3,(H,28,31)/t27-/m1/s1. The number of methoxy groups -OCH3 is 1. The third-order valence-electron chi connectivity index (χ3n) is 6.27. The van der Waals surface area contributed by atoms with Gasteiger partial charge in [0.1, 0.15) is 12.3 Å². The summed E-state index contributed by atoms with van der Waals surface area (Å²) in [5, 5.41) is 2.92. The zero-order chi connectivity index (χ0) is 24.4. The van der Waals surface area contributed by atoms with Gasteiger partial charge in [0, 0.05) is 17.8 Å². The van der Waals surface area contributed by atoms with E-state index in [9.17, 15) is 14.4 Å². The van der Waals surface area contributed by atoms with Crippen LogP contribution in [0.25, 0.3) is 0 Å². The van der Waals surface area contributed by atoms with Gasteiger partial charge in [0.25, 0.3) is 5.91 Å². The molecule has 0 aromatic heterocycles. The van der Waals surface area contributed by atoms with E-state index in [1.54, 1.807) is 36.3 Å². The molecule has 5 rings (SSSR count). The van der Waals surface area contributed by atoms with Crippen molar-refractivity contribution < 1.29 is 19.1 Å². The van der Waals surface area contributed by atoms with E-state index in [0.29, 0.717) is 35.7 Å². The smallest absolute Gasteiger partial charge is 0.269 e. The van der Waals surface area contributed by atoms with Crippen LogP contribution in [0.3, 0.4) is 0 Å². The first-order valence-electron chi connectivity index (χ1n) is 11.4. The maximum Gasteiger partial charge on any atom is 0.269 e. The molecular weight excluding hydrogens is 462 g/mol. The molecule has 0 bridgehead atoms. The summed E-state index contributed by atoms with van der Waals surface area (Å²) in [4.78, 5) is 41.7. The minimum Gasteiger partial charge on any atom is -0.497 e. The van der Waals surface area contributed by atoms with Crippen molar-refractivity contribution in [3.63, 3.8) is 0 Å². The van der Waals surface area contributed by atoms with Crippen molar-refractivity contribution in [1.29, 1.82) is 0 Å². The number of thioether (sulfide) groups is 1. The van der Waals surface area contributed by atoms with Gasteiger partial charge >= 0.3 is 0 Å². The number of rotatable bonds is 7. The Bertz CT molecular complexity index is 1260. The molecule has 2 aliphatic heterocycles. The molecule has 3 amide bonds. The van der Waals surface area contributed by atoms with Crippen LogP contribution >= 0.6 is 11.8 Å². The fourth-order valence-electron chi connectivity index (χ4n) is 4.63. The van der Waals surface area contributed by atoms with Crippen LogP contribution in [0, 0.1) is 0 Å². The summed E-state index contributed by atoms with van der Waals surface area (Å²) in [5.74, 6) is 0.144. The quantitative estimate of drug-likeness (QED) is 0.553. The van der Waals surface area contributed by atoms with Crippen molar-refractivity contribution in [2.75, 3.05) is 35.8 Å². The van der Waals surface area contributed by atoms with Gasteiger partial charge < -0.3 is 10.1 Å². The molecule has 1 fully saturated rings. The molecule has 1 N–H and O–H groups in total. The first-order chi connectivity index (χ1) is 17.0. The Hall–Kier alpha value is -3.78. The Balaban J connectivity index is 1.40. The number of carbonyl (C=O) groups is 3. The monoisotopic (exact) mass is 487 g/mol. The zero-order valence-electron chi connectivity index (χ0n) is 19.3. The first-order valence-corrected chi connectivity index (χ1v) is 12.4. The lowest BCUT2D eigenvalue weighted by atomic mass is 10.0. The molecule has 3 aromatic carbocycles. The summed E-state index contributed by atoms with van der Waals surface area (Å²) in [5.41, 5.74) is 3.11. The average molecular weight is 488 g/mol. The molecule has 2 aliphatic rings. The molecule has 0 radical (unpaired) electrons. The van der Waals surface area contributed by atoms with Crippen molar-refractivity contribution in [3.8, 4) is 5.75 Å². The van der Waals surface area contributed by atoms with E-state index in [2.05, 4.69) is 5.32 Å². The summed E-state index contributed by atoms with van der Waals surface area (Å²) in [7, 11) is 1.58. The maximum atomic E-state index is 14.0. The molecule has 1 atom stereocenters. The Labute approximate surface area is 208 Å². The van der Waals surface area contributed by atoms with Crippen LogP contribution in [0.15, 0.2) is 78.9 Å². The lowest BCUT2D eigenvalue weighted by molar-refractivity contribution is -0.125. The number of nitrogens with one attached hydrogen (secondary N) is 1. The Morgan fingerprint density at radius 2 is 1.71 bits per heavy atom. The molecule has 1 saturated heterocycles. The first kappa shape index (κ1) is 23.0. The SMILES string of the molecule is COc1ccc(N2C(=O)CS[C@]23C(=O)N(CC(=O)NCCc2ccccc2)c2ccccc23)cc1. The predicted molar refractivity (Wildman–Crippen MR) is 137 cm³/mol. The van der Waals surface area contributed by atoms with Crippen LogP contribution in [-0.2, 0) is 25.7 Å². The van der Waals surface area contributed by atoms with Gasteiger partial charge in [0.15, 0.2) is 0 Å². The second-order valence-electron chi connectivity index (χ2n) is 8.35. The van der Waals surface area contributed by atoms with Crippen molar-refractivity contribution >= 4 is 40.9 Å². The third kappa shape index (κ3) is 4.04. The Morgan fingerprint density at radius 3 is 2.46 bits per heavy atom. The number of fused-ring (bicyclic) bond motifs is 2.